The maximum Gasteiger partial charge on any atom is 0.261 e. The summed E-state index contributed by atoms with van der Waals surface area (Å²) in [4.78, 5) is 12.3. The van der Waals surface area contributed by atoms with Crippen LogP contribution in [0, 0.1) is 6.92 Å². The van der Waals surface area contributed by atoms with Crippen LogP contribution in [0.15, 0.2) is 28.8 Å². The van der Waals surface area contributed by atoms with Gasteiger partial charge in [-0.05, 0) is 31.7 Å². The van der Waals surface area contributed by atoms with Gasteiger partial charge in [-0.15, -0.1) is 0 Å². The molecular formula is C15H19N3O2. The normalized spacial score (nSPS) is 10.6. The van der Waals surface area contributed by atoms with Crippen molar-refractivity contribution in [1.29, 1.82) is 0 Å². The van der Waals surface area contributed by atoms with Crippen LogP contribution in [0.25, 0.3) is 0 Å². The highest BCUT2D eigenvalue weighted by Crippen LogP contribution is 2.17. The van der Waals surface area contributed by atoms with Gasteiger partial charge in [0, 0.05) is 18.7 Å². The molecule has 0 spiro atoms. The molecule has 0 aliphatic carbocycles. The molecule has 0 fully saturated rings. The molecule has 5 heteroatoms. The van der Waals surface area contributed by atoms with Crippen molar-refractivity contribution < 1.29 is 9.32 Å². The van der Waals surface area contributed by atoms with E-state index in [2.05, 4.69) is 15.8 Å². The third-order valence-corrected chi connectivity index (χ3v) is 3.05. The first kappa shape index (κ1) is 14.3. The fraction of sp³-hybridized carbons (Fsp3) is 0.333. The number of aryl methyl sites for hydroxylation is 2. The van der Waals surface area contributed by atoms with E-state index in [0.717, 1.165) is 17.8 Å². The summed E-state index contributed by atoms with van der Waals surface area (Å²) in [6, 6.07) is 7.74. The lowest BCUT2D eigenvalue weighted by Gasteiger charge is -2.07. The molecule has 2 aromatic rings. The van der Waals surface area contributed by atoms with Gasteiger partial charge in [-0.2, -0.15) is 0 Å². The van der Waals surface area contributed by atoms with Gasteiger partial charge in [-0.1, -0.05) is 24.2 Å². The van der Waals surface area contributed by atoms with Gasteiger partial charge >= 0.3 is 0 Å². The quantitative estimate of drug-likeness (QED) is 0.878. The molecule has 5 nitrogen and oxygen atoms in total. The van der Waals surface area contributed by atoms with Crippen LogP contribution < -0.4 is 10.6 Å². The lowest BCUT2D eigenvalue weighted by atomic mass is 10.1. The Balaban J connectivity index is 2.19. The topological polar surface area (TPSA) is 67.2 Å². The average Bonchev–Trinajstić information content (AvgIpc) is 2.80. The molecule has 0 radical (unpaired) electrons. The molecular weight excluding hydrogens is 254 g/mol. The first-order valence-electron chi connectivity index (χ1n) is 6.65. The van der Waals surface area contributed by atoms with Crippen LogP contribution in [0.3, 0.4) is 0 Å². The first-order valence-corrected chi connectivity index (χ1v) is 6.65. The molecule has 20 heavy (non-hydrogen) atoms. The van der Waals surface area contributed by atoms with Crippen LogP contribution in [0.1, 0.15) is 34.3 Å². The van der Waals surface area contributed by atoms with E-state index in [4.69, 9.17) is 4.52 Å². The number of hydrogen-bond acceptors (Lipinski definition) is 4. The number of carbonyl (C=O) groups excluding carboxylic acids is 1. The van der Waals surface area contributed by atoms with Gasteiger partial charge in [-0.3, -0.25) is 4.79 Å². The monoisotopic (exact) mass is 273 g/mol. The van der Waals surface area contributed by atoms with Crippen LogP contribution in [-0.4, -0.2) is 18.1 Å². The van der Waals surface area contributed by atoms with Crippen molar-refractivity contribution in [2.24, 2.45) is 0 Å². The van der Waals surface area contributed by atoms with Crippen molar-refractivity contribution in [3.05, 3.63) is 46.8 Å². The minimum Gasteiger partial charge on any atom is -0.360 e. The summed E-state index contributed by atoms with van der Waals surface area (Å²) in [5.41, 5.74) is 3.03. The highest BCUT2D eigenvalue weighted by molar-refractivity contribution is 6.05. The van der Waals surface area contributed by atoms with Crippen LogP contribution in [0.2, 0.25) is 0 Å². The van der Waals surface area contributed by atoms with Crippen molar-refractivity contribution in [2.75, 3.05) is 12.4 Å². The summed E-state index contributed by atoms with van der Waals surface area (Å²) in [5.74, 6) is 0.439. The third kappa shape index (κ3) is 3.05. The van der Waals surface area contributed by atoms with E-state index in [1.54, 1.807) is 6.92 Å². The predicted molar refractivity (Wildman–Crippen MR) is 77.8 cm³/mol. The van der Waals surface area contributed by atoms with E-state index >= 15 is 0 Å². The Hall–Kier alpha value is -2.14. The molecule has 106 valence electrons. The van der Waals surface area contributed by atoms with Gasteiger partial charge in [0.25, 0.3) is 5.91 Å². The molecule has 1 aromatic carbocycles. The minimum absolute atomic E-state index is 0.179. The van der Waals surface area contributed by atoms with Crippen LogP contribution >= 0.6 is 0 Å². The fourth-order valence-corrected chi connectivity index (χ4v) is 2.11. The zero-order valence-electron chi connectivity index (χ0n) is 12.0. The molecule has 0 saturated carbocycles. The van der Waals surface area contributed by atoms with Gasteiger partial charge in [-0.25, -0.2) is 0 Å². The standard InChI is InChI=1S/C15H19N3O2/c1-4-13-14(10(2)18-20-13)15(19)17-12-7-5-6-11(8-12)9-16-3/h5-8,16H,4,9H2,1-3H3,(H,17,19). The highest BCUT2D eigenvalue weighted by atomic mass is 16.5. The molecule has 1 heterocycles. The zero-order chi connectivity index (χ0) is 14.5. The Morgan fingerprint density at radius 3 is 2.90 bits per heavy atom. The second kappa shape index (κ2) is 6.34. The second-order valence-electron chi connectivity index (χ2n) is 4.60. The van der Waals surface area contributed by atoms with Crippen molar-refractivity contribution in [3.8, 4) is 0 Å². The molecule has 0 saturated heterocycles. The Morgan fingerprint density at radius 2 is 2.20 bits per heavy atom. The molecule has 0 unspecified atom stereocenters. The smallest absolute Gasteiger partial charge is 0.261 e. The van der Waals surface area contributed by atoms with Gasteiger partial charge in [0.15, 0.2) is 0 Å². The summed E-state index contributed by atoms with van der Waals surface area (Å²) >= 11 is 0. The van der Waals surface area contributed by atoms with E-state index in [-0.39, 0.29) is 5.91 Å². The Bertz CT molecular complexity index is 605. The molecule has 0 bridgehead atoms. The lowest BCUT2D eigenvalue weighted by molar-refractivity contribution is 0.102. The van der Waals surface area contributed by atoms with Crippen molar-refractivity contribution in [2.45, 2.75) is 26.8 Å². The van der Waals surface area contributed by atoms with Crippen molar-refractivity contribution in [1.82, 2.24) is 10.5 Å². The molecule has 1 amide bonds. The van der Waals surface area contributed by atoms with Crippen LogP contribution in [0.5, 0.6) is 0 Å². The first-order chi connectivity index (χ1) is 9.65. The lowest BCUT2D eigenvalue weighted by Crippen LogP contribution is -2.14. The largest absolute Gasteiger partial charge is 0.360 e. The number of nitrogens with one attached hydrogen (secondary N) is 2. The molecule has 0 aliphatic heterocycles. The Kier molecular flexibility index (Phi) is 4.53. The number of nitrogens with zero attached hydrogens (tertiary/aromatic N) is 1. The molecule has 2 rings (SSSR count). The zero-order valence-corrected chi connectivity index (χ0v) is 12.0. The third-order valence-electron chi connectivity index (χ3n) is 3.05. The number of carbonyl (C=O) groups is 1. The van der Waals surface area contributed by atoms with Gasteiger partial charge in [0.2, 0.25) is 0 Å². The fourth-order valence-electron chi connectivity index (χ4n) is 2.11. The number of aromatic nitrogens is 1. The SMILES string of the molecule is CCc1onc(C)c1C(=O)Nc1cccc(CNC)c1. The number of benzene rings is 1. The molecule has 0 aliphatic rings. The number of rotatable bonds is 5. The maximum absolute atomic E-state index is 12.3. The summed E-state index contributed by atoms with van der Waals surface area (Å²) in [5, 5.41) is 9.82. The van der Waals surface area contributed by atoms with E-state index < -0.39 is 0 Å². The maximum atomic E-state index is 12.3. The number of amides is 1. The van der Waals surface area contributed by atoms with Crippen LogP contribution in [-0.2, 0) is 13.0 Å². The second-order valence-corrected chi connectivity index (χ2v) is 4.60. The summed E-state index contributed by atoms with van der Waals surface area (Å²) in [6.45, 7) is 4.47. The molecule has 1 aromatic heterocycles. The number of anilines is 1. The van der Waals surface area contributed by atoms with Crippen molar-refractivity contribution >= 4 is 11.6 Å². The summed E-state index contributed by atoms with van der Waals surface area (Å²) in [6.07, 6.45) is 0.642. The van der Waals surface area contributed by atoms with Crippen molar-refractivity contribution in [3.63, 3.8) is 0 Å². The van der Waals surface area contributed by atoms with Crippen LogP contribution in [0.4, 0.5) is 5.69 Å². The van der Waals surface area contributed by atoms with E-state index in [1.165, 1.54) is 0 Å². The predicted octanol–water partition coefficient (Wildman–Crippen LogP) is 2.52. The summed E-state index contributed by atoms with van der Waals surface area (Å²) in [7, 11) is 1.89. The number of hydrogen-bond donors (Lipinski definition) is 2. The average molecular weight is 273 g/mol. The van der Waals surface area contributed by atoms with Gasteiger partial charge in [0.1, 0.15) is 11.3 Å². The Labute approximate surface area is 118 Å². The van der Waals surface area contributed by atoms with E-state index in [1.807, 2.05) is 38.2 Å². The summed E-state index contributed by atoms with van der Waals surface area (Å²) < 4.78 is 5.14. The molecule has 2 N–H and O–H groups in total. The van der Waals surface area contributed by atoms with Gasteiger partial charge < -0.3 is 15.2 Å². The minimum atomic E-state index is -0.179. The van der Waals surface area contributed by atoms with E-state index in [9.17, 15) is 4.79 Å². The highest BCUT2D eigenvalue weighted by Gasteiger charge is 2.19. The Morgan fingerprint density at radius 1 is 1.40 bits per heavy atom. The molecule has 0 atom stereocenters. The van der Waals surface area contributed by atoms with Gasteiger partial charge in [0.05, 0.1) is 5.69 Å². The van der Waals surface area contributed by atoms with E-state index in [0.29, 0.717) is 23.4 Å².